The van der Waals surface area contributed by atoms with Gasteiger partial charge >= 0.3 is 6.09 Å². The summed E-state index contributed by atoms with van der Waals surface area (Å²) in [5.74, 6) is -0.699. The van der Waals surface area contributed by atoms with Gasteiger partial charge in [-0.15, -0.1) is 0 Å². The van der Waals surface area contributed by atoms with Crippen LogP contribution in [0, 0.1) is 5.92 Å². The first-order valence-electron chi connectivity index (χ1n) is 10.3. The molecule has 2 heterocycles. The number of ether oxygens (including phenoxy) is 5. The largest absolute Gasteiger partial charge is 0.479 e. The molecule has 3 unspecified atom stereocenters. The molecule has 2 aliphatic heterocycles. The minimum atomic E-state index is -1.28. The third kappa shape index (κ3) is 6.86. The zero-order chi connectivity index (χ0) is 22.8. The highest BCUT2D eigenvalue weighted by molar-refractivity contribution is 6.03. The second-order valence-corrected chi connectivity index (χ2v) is 7.37. The van der Waals surface area contributed by atoms with Gasteiger partial charge < -0.3 is 28.8 Å². The van der Waals surface area contributed by atoms with Crippen molar-refractivity contribution in [1.29, 1.82) is 0 Å². The molecule has 10 nitrogen and oxygen atoms in total. The van der Waals surface area contributed by atoms with Crippen LogP contribution in [0.2, 0.25) is 0 Å². The van der Waals surface area contributed by atoms with E-state index < -0.39 is 36.0 Å². The zero-order valence-electron chi connectivity index (χ0n) is 18.2. The number of hydrogen-bond acceptors (Lipinski definition) is 9. The van der Waals surface area contributed by atoms with Gasteiger partial charge in [-0.25, -0.2) is 9.69 Å². The Morgan fingerprint density at radius 2 is 1.94 bits per heavy atom. The number of rotatable bonds is 12. The summed E-state index contributed by atoms with van der Waals surface area (Å²) in [7, 11) is 1.29. The normalized spacial score (nSPS) is 23.4. The fraction of sp³-hybridized carbons (Fsp3) is 0.667. The van der Waals surface area contributed by atoms with E-state index in [2.05, 4.69) is 0 Å². The Morgan fingerprint density at radius 1 is 1.23 bits per heavy atom. The molecule has 174 valence electrons. The van der Waals surface area contributed by atoms with Crippen molar-refractivity contribution in [2.24, 2.45) is 5.92 Å². The minimum Gasteiger partial charge on any atom is -0.479 e. The molecule has 2 rings (SSSR count). The van der Waals surface area contributed by atoms with Crippen molar-refractivity contribution in [3.8, 4) is 0 Å². The number of hydrogen-bond donors (Lipinski definition) is 1. The van der Waals surface area contributed by atoms with E-state index in [0.717, 1.165) is 4.90 Å². The van der Waals surface area contributed by atoms with Gasteiger partial charge in [-0.1, -0.05) is 13.8 Å². The summed E-state index contributed by atoms with van der Waals surface area (Å²) in [4.78, 5) is 38.6. The van der Waals surface area contributed by atoms with Gasteiger partial charge in [0.2, 0.25) is 0 Å². The predicted molar refractivity (Wildman–Crippen MR) is 108 cm³/mol. The first-order valence-corrected chi connectivity index (χ1v) is 10.3. The number of carbonyl (C=O) groups excluding carboxylic acids is 3. The van der Waals surface area contributed by atoms with Gasteiger partial charge in [0.05, 0.1) is 39.1 Å². The third-order valence-corrected chi connectivity index (χ3v) is 4.86. The third-order valence-electron chi connectivity index (χ3n) is 4.86. The number of aliphatic hydroxyl groups is 1. The van der Waals surface area contributed by atoms with Crippen LogP contribution in [0.5, 0.6) is 0 Å². The van der Waals surface area contributed by atoms with Crippen LogP contribution < -0.4 is 0 Å². The van der Waals surface area contributed by atoms with E-state index in [1.54, 1.807) is 6.08 Å². The van der Waals surface area contributed by atoms with Crippen molar-refractivity contribution < 1.29 is 43.2 Å². The number of ketones is 1. The molecule has 1 saturated heterocycles. The van der Waals surface area contributed by atoms with Crippen LogP contribution in [0.4, 0.5) is 4.79 Å². The highest BCUT2D eigenvalue weighted by Crippen LogP contribution is 2.25. The van der Waals surface area contributed by atoms with Crippen LogP contribution in [0.3, 0.4) is 0 Å². The zero-order valence-corrected chi connectivity index (χ0v) is 18.2. The summed E-state index contributed by atoms with van der Waals surface area (Å²) in [6.45, 7) is 5.29. The summed E-state index contributed by atoms with van der Waals surface area (Å²) in [6, 6.07) is -0.430. The Labute approximate surface area is 181 Å². The SMILES string of the molecule is COC(C(=O)N1C(=O)OCC1C(C)C)C1OC(=CCCOCCOCCO)C=CC1=O. The summed E-state index contributed by atoms with van der Waals surface area (Å²) in [6.07, 6.45) is 1.85. The van der Waals surface area contributed by atoms with Crippen molar-refractivity contribution in [2.75, 3.05) is 46.8 Å². The van der Waals surface area contributed by atoms with Crippen LogP contribution in [0.25, 0.3) is 0 Å². The molecular weight excluding hydrogens is 410 g/mol. The summed E-state index contributed by atoms with van der Waals surface area (Å²) < 4.78 is 26.5. The molecule has 3 atom stereocenters. The standard InChI is InChI=1S/C21H31NO9/c1-14(2)16-13-30-21(26)22(16)20(25)19(27-3)18-17(24)7-6-15(31-18)5-4-9-28-11-12-29-10-8-23/h5-7,14,16,18-19,23H,4,8-13H2,1-3H3. The molecule has 1 N–H and O–H groups in total. The van der Waals surface area contributed by atoms with Crippen molar-refractivity contribution in [3.63, 3.8) is 0 Å². The average molecular weight is 441 g/mol. The highest BCUT2D eigenvalue weighted by Gasteiger charge is 2.47. The van der Waals surface area contributed by atoms with Crippen LogP contribution in [-0.4, -0.2) is 92.8 Å². The molecule has 0 bridgehead atoms. The van der Waals surface area contributed by atoms with Gasteiger partial charge in [0.25, 0.3) is 5.91 Å². The van der Waals surface area contributed by atoms with E-state index in [4.69, 9.17) is 28.8 Å². The van der Waals surface area contributed by atoms with E-state index in [1.165, 1.54) is 19.3 Å². The Hall–Kier alpha value is -2.27. The lowest BCUT2D eigenvalue weighted by Crippen LogP contribution is -2.53. The molecule has 0 aromatic heterocycles. The molecule has 31 heavy (non-hydrogen) atoms. The smallest absolute Gasteiger partial charge is 0.417 e. The van der Waals surface area contributed by atoms with Gasteiger partial charge in [0.1, 0.15) is 12.4 Å². The molecular formula is C21H31NO9. The fourth-order valence-corrected chi connectivity index (χ4v) is 3.17. The minimum absolute atomic E-state index is 0.0136. The Morgan fingerprint density at radius 3 is 2.58 bits per heavy atom. The van der Waals surface area contributed by atoms with E-state index in [0.29, 0.717) is 32.0 Å². The molecule has 0 radical (unpaired) electrons. The second-order valence-electron chi connectivity index (χ2n) is 7.37. The van der Waals surface area contributed by atoms with Crippen LogP contribution in [0.1, 0.15) is 20.3 Å². The average Bonchev–Trinajstić information content (AvgIpc) is 3.14. The molecule has 10 heteroatoms. The number of allylic oxidation sites excluding steroid dienone is 1. The van der Waals surface area contributed by atoms with Crippen molar-refractivity contribution in [3.05, 3.63) is 24.0 Å². The summed E-state index contributed by atoms with van der Waals surface area (Å²) in [5, 5.41) is 8.62. The molecule has 2 aliphatic rings. The van der Waals surface area contributed by atoms with E-state index in [1.807, 2.05) is 13.8 Å². The maximum atomic E-state index is 13.0. The molecule has 0 aliphatic carbocycles. The summed E-state index contributed by atoms with van der Waals surface area (Å²) in [5.41, 5.74) is 0. The van der Waals surface area contributed by atoms with Crippen molar-refractivity contribution in [1.82, 2.24) is 4.90 Å². The Kier molecular flexibility index (Phi) is 10.1. The summed E-state index contributed by atoms with van der Waals surface area (Å²) >= 11 is 0. The highest BCUT2D eigenvalue weighted by atomic mass is 16.6. The lowest BCUT2D eigenvalue weighted by atomic mass is 10.0. The van der Waals surface area contributed by atoms with Gasteiger partial charge in [-0.05, 0) is 30.6 Å². The number of aliphatic hydroxyl groups excluding tert-OH is 1. The Balaban J connectivity index is 1.95. The van der Waals surface area contributed by atoms with Gasteiger partial charge in [-0.2, -0.15) is 0 Å². The monoisotopic (exact) mass is 441 g/mol. The van der Waals surface area contributed by atoms with Crippen LogP contribution in [0.15, 0.2) is 24.0 Å². The van der Waals surface area contributed by atoms with E-state index in [9.17, 15) is 14.4 Å². The van der Waals surface area contributed by atoms with Crippen LogP contribution >= 0.6 is 0 Å². The number of nitrogens with zero attached hydrogens (tertiary/aromatic N) is 1. The van der Waals surface area contributed by atoms with Gasteiger partial charge in [0, 0.05) is 7.11 Å². The Bertz CT molecular complexity index is 688. The maximum absolute atomic E-state index is 13.0. The molecule has 0 spiro atoms. The van der Waals surface area contributed by atoms with Gasteiger partial charge in [-0.3, -0.25) is 9.59 Å². The van der Waals surface area contributed by atoms with Crippen molar-refractivity contribution in [2.45, 2.75) is 38.5 Å². The lowest BCUT2D eigenvalue weighted by Gasteiger charge is -2.31. The van der Waals surface area contributed by atoms with Crippen molar-refractivity contribution >= 4 is 17.8 Å². The first-order chi connectivity index (χ1) is 14.9. The quantitative estimate of drug-likeness (QED) is 0.439. The lowest BCUT2D eigenvalue weighted by molar-refractivity contribution is -0.154. The molecule has 0 saturated carbocycles. The maximum Gasteiger partial charge on any atom is 0.417 e. The number of cyclic esters (lactones) is 1. The van der Waals surface area contributed by atoms with Gasteiger partial charge in [0.15, 0.2) is 18.0 Å². The molecule has 2 amide bonds. The number of imide groups is 1. The molecule has 0 aromatic carbocycles. The molecule has 0 aromatic rings. The predicted octanol–water partition coefficient (Wildman–Crippen LogP) is 0.828. The van der Waals surface area contributed by atoms with Crippen LogP contribution in [-0.2, 0) is 33.3 Å². The number of methoxy groups -OCH3 is 1. The molecule has 1 fully saturated rings. The second kappa shape index (κ2) is 12.6. The first kappa shape index (κ1) is 25.0. The van der Waals surface area contributed by atoms with E-state index >= 15 is 0 Å². The number of amides is 2. The van der Waals surface area contributed by atoms with E-state index in [-0.39, 0.29) is 25.7 Å². The number of carbonyl (C=O) groups is 3. The topological polar surface area (TPSA) is 121 Å². The fourth-order valence-electron chi connectivity index (χ4n) is 3.17.